The van der Waals surface area contributed by atoms with Crippen molar-refractivity contribution in [2.24, 2.45) is 0 Å². The van der Waals surface area contributed by atoms with Crippen LogP contribution < -0.4 is 0 Å². The van der Waals surface area contributed by atoms with Crippen LogP contribution >= 0.6 is 34.5 Å². The van der Waals surface area contributed by atoms with E-state index in [0.29, 0.717) is 16.2 Å². The van der Waals surface area contributed by atoms with Gasteiger partial charge < -0.3 is 0 Å². The fourth-order valence-electron chi connectivity index (χ4n) is 1.50. The minimum Gasteiger partial charge on any atom is -0.206 e. The molecule has 0 aliphatic heterocycles. The second-order valence-corrected chi connectivity index (χ2v) is 5.02. The molecular weight excluding hydrogens is 279 g/mol. The van der Waals surface area contributed by atoms with Crippen molar-refractivity contribution in [1.29, 1.82) is 0 Å². The van der Waals surface area contributed by atoms with Crippen molar-refractivity contribution in [3.8, 4) is 5.13 Å². The zero-order valence-electron chi connectivity index (χ0n) is 8.47. The number of nitrogens with zero attached hydrogens (tertiary/aromatic N) is 4. The van der Waals surface area contributed by atoms with Gasteiger partial charge in [-0.2, -0.15) is 4.68 Å². The summed E-state index contributed by atoms with van der Waals surface area (Å²) in [7, 11) is 0. The molecule has 0 spiro atoms. The number of halogens is 2. The molecule has 0 amide bonds. The van der Waals surface area contributed by atoms with E-state index in [1.54, 1.807) is 4.68 Å². The zero-order chi connectivity index (χ0) is 11.8. The third-order valence-electron chi connectivity index (χ3n) is 2.29. The number of hydrogen-bond acceptors (Lipinski definition) is 4. The van der Waals surface area contributed by atoms with Gasteiger partial charge in [-0.15, -0.1) is 16.7 Å². The molecule has 0 radical (unpaired) electrons. The van der Waals surface area contributed by atoms with Crippen LogP contribution in [0.15, 0.2) is 24.3 Å². The van der Waals surface area contributed by atoms with E-state index >= 15 is 0 Å². The average Bonchev–Trinajstić information content (AvgIpc) is 2.92. The minimum absolute atomic E-state index is 0.350. The van der Waals surface area contributed by atoms with Crippen molar-refractivity contribution in [2.75, 3.05) is 0 Å². The molecule has 0 saturated carbocycles. The molecule has 7 heteroatoms. The average molecular weight is 285 g/mol. The molecule has 0 N–H and O–H groups in total. The Morgan fingerprint density at radius 3 is 2.88 bits per heavy atom. The van der Waals surface area contributed by atoms with Crippen molar-refractivity contribution in [2.45, 2.75) is 5.88 Å². The molecule has 0 aliphatic carbocycles. The Morgan fingerprint density at radius 1 is 1.29 bits per heavy atom. The van der Waals surface area contributed by atoms with E-state index < -0.39 is 0 Å². The smallest absolute Gasteiger partial charge is 0.206 e. The molecule has 0 saturated heterocycles. The van der Waals surface area contributed by atoms with Crippen LogP contribution in [0, 0.1) is 0 Å². The van der Waals surface area contributed by atoms with Crippen LogP contribution in [0.3, 0.4) is 0 Å². The van der Waals surface area contributed by atoms with E-state index in [9.17, 15) is 0 Å². The van der Waals surface area contributed by atoms with Crippen molar-refractivity contribution in [3.63, 3.8) is 0 Å². The van der Waals surface area contributed by atoms with Crippen LogP contribution in [-0.2, 0) is 5.88 Å². The fraction of sp³-hybridized carbons (Fsp3) is 0.100. The maximum absolute atomic E-state index is 5.97. The maximum atomic E-state index is 5.97. The molecule has 4 nitrogen and oxygen atoms in total. The summed E-state index contributed by atoms with van der Waals surface area (Å²) >= 11 is 13.1. The van der Waals surface area contributed by atoms with E-state index in [1.165, 1.54) is 11.3 Å². The molecule has 0 bridgehead atoms. The first-order chi connectivity index (χ1) is 8.29. The highest BCUT2D eigenvalue weighted by Gasteiger charge is 2.13. The Balaban J connectivity index is 2.20. The number of alkyl halides is 1. The summed E-state index contributed by atoms with van der Waals surface area (Å²) in [5.41, 5.74) is 1.73. The van der Waals surface area contributed by atoms with Gasteiger partial charge in [0.1, 0.15) is 10.7 Å². The maximum Gasteiger partial charge on any atom is 0.214 e. The number of para-hydroxylation sites is 1. The van der Waals surface area contributed by atoms with Crippen LogP contribution in [0.2, 0.25) is 5.15 Å². The molecule has 17 heavy (non-hydrogen) atoms. The molecule has 3 rings (SSSR count). The third-order valence-corrected chi connectivity index (χ3v) is 4.17. The quantitative estimate of drug-likeness (QED) is 0.679. The second kappa shape index (κ2) is 4.25. The number of benzene rings is 1. The Bertz CT molecular complexity index is 676. The van der Waals surface area contributed by atoms with Crippen LogP contribution in [0.25, 0.3) is 16.2 Å². The highest BCUT2D eigenvalue weighted by molar-refractivity contribution is 7.14. The van der Waals surface area contributed by atoms with Gasteiger partial charge in [0.05, 0.1) is 16.3 Å². The van der Waals surface area contributed by atoms with Gasteiger partial charge in [-0.25, -0.2) is 4.98 Å². The molecule has 2 aromatic heterocycles. The summed E-state index contributed by atoms with van der Waals surface area (Å²) in [5, 5.41) is 9.24. The summed E-state index contributed by atoms with van der Waals surface area (Å²) in [4.78, 5) is 5.07. The molecule has 0 fully saturated rings. The lowest BCUT2D eigenvalue weighted by Gasteiger charge is -1.94. The molecule has 0 atom stereocenters. The van der Waals surface area contributed by atoms with E-state index in [0.717, 1.165) is 15.9 Å². The van der Waals surface area contributed by atoms with Gasteiger partial charge in [-0.1, -0.05) is 40.3 Å². The largest absolute Gasteiger partial charge is 0.214 e. The van der Waals surface area contributed by atoms with Crippen molar-refractivity contribution in [3.05, 3.63) is 34.3 Å². The van der Waals surface area contributed by atoms with Crippen molar-refractivity contribution < 1.29 is 0 Å². The molecule has 86 valence electrons. The fourth-order valence-corrected chi connectivity index (χ4v) is 2.94. The van der Waals surface area contributed by atoms with Gasteiger partial charge in [-0.3, -0.25) is 0 Å². The molecule has 3 aromatic rings. The summed E-state index contributed by atoms with van der Waals surface area (Å²) in [5.74, 6) is 0.350. The predicted molar refractivity (Wildman–Crippen MR) is 69.1 cm³/mol. The van der Waals surface area contributed by atoms with E-state index in [4.69, 9.17) is 23.2 Å². The lowest BCUT2D eigenvalue weighted by molar-refractivity contribution is 0.817. The van der Waals surface area contributed by atoms with E-state index in [2.05, 4.69) is 15.3 Å². The highest BCUT2D eigenvalue weighted by atomic mass is 35.5. The third kappa shape index (κ3) is 1.80. The Morgan fingerprint density at radius 2 is 2.12 bits per heavy atom. The first-order valence-electron chi connectivity index (χ1n) is 4.81. The van der Waals surface area contributed by atoms with E-state index in [-0.39, 0.29) is 0 Å². The molecule has 1 aromatic carbocycles. The summed E-state index contributed by atoms with van der Waals surface area (Å²) in [6.45, 7) is 0. The lowest BCUT2D eigenvalue weighted by Crippen LogP contribution is -1.94. The summed E-state index contributed by atoms with van der Waals surface area (Å²) in [6.07, 6.45) is 0. The number of thiazole rings is 1. The Kier molecular flexibility index (Phi) is 2.74. The Labute approximate surface area is 111 Å². The van der Waals surface area contributed by atoms with Crippen LogP contribution in [0.4, 0.5) is 0 Å². The van der Waals surface area contributed by atoms with Crippen LogP contribution in [-0.4, -0.2) is 20.0 Å². The number of fused-ring (bicyclic) bond motifs is 1. The predicted octanol–water partition coefficient (Wildman–Crippen LogP) is 3.27. The molecule has 0 aliphatic rings. The lowest BCUT2D eigenvalue weighted by atomic mass is 10.3. The van der Waals surface area contributed by atoms with Gasteiger partial charge in [0.2, 0.25) is 5.13 Å². The summed E-state index contributed by atoms with van der Waals surface area (Å²) < 4.78 is 1.67. The SMILES string of the molecule is ClCc1sc(-n2nnc3ccccc32)nc1Cl. The highest BCUT2D eigenvalue weighted by Crippen LogP contribution is 2.28. The molecule has 2 heterocycles. The number of hydrogen-bond donors (Lipinski definition) is 0. The van der Waals surface area contributed by atoms with E-state index in [1.807, 2.05) is 24.3 Å². The van der Waals surface area contributed by atoms with Gasteiger partial charge in [0.15, 0.2) is 0 Å². The monoisotopic (exact) mass is 284 g/mol. The van der Waals surface area contributed by atoms with Gasteiger partial charge in [0, 0.05) is 0 Å². The number of aromatic nitrogens is 4. The topological polar surface area (TPSA) is 43.6 Å². The van der Waals surface area contributed by atoms with Crippen molar-refractivity contribution in [1.82, 2.24) is 20.0 Å². The van der Waals surface area contributed by atoms with Gasteiger partial charge >= 0.3 is 0 Å². The Hall–Kier alpha value is -1.17. The summed E-state index contributed by atoms with van der Waals surface area (Å²) in [6, 6.07) is 7.68. The number of rotatable bonds is 2. The first kappa shape index (κ1) is 11.0. The normalized spacial score (nSPS) is 11.2. The minimum atomic E-state index is 0.350. The van der Waals surface area contributed by atoms with Crippen LogP contribution in [0.1, 0.15) is 4.88 Å². The second-order valence-electron chi connectivity index (χ2n) is 3.33. The molecular formula is C10H6Cl2N4S. The van der Waals surface area contributed by atoms with Gasteiger partial charge in [0.25, 0.3) is 0 Å². The first-order valence-corrected chi connectivity index (χ1v) is 6.54. The molecule has 0 unspecified atom stereocenters. The van der Waals surface area contributed by atoms with Crippen LogP contribution in [0.5, 0.6) is 0 Å². The zero-order valence-corrected chi connectivity index (χ0v) is 10.8. The standard InChI is InChI=1S/C10H6Cl2N4S/c11-5-8-9(12)13-10(17-8)16-7-4-2-1-3-6(7)14-15-16/h1-4H,5H2. The van der Waals surface area contributed by atoms with Gasteiger partial charge in [-0.05, 0) is 12.1 Å². The van der Waals surface area contributed by atoms with Crippen molar-refractivity contribution >= 4 is 45.6 Å².